The molecule has 6 rings (SSSR count). The van der Waals surface area contributed by atoms with Gasteiger partial charge in [0.15, 0.2) is 0 Å². The molecule has 2 amide bonds. The number of aromatic nitrogens is 2. The Hall–Kier alpha value is -3.78. The van der Waals surface area contributed by atoms with Crippen LogP contribution in [0.3, 0.4) is 0 Å². The van der Waals surface area contributed by atoms with E-state index in [1.165, 1.54) is 5.56 Å². The van der Waals surface area contributed by atoms with Crippen molar-refractivity contribution in [3.05, 3.63) is 71.5 Å². The van der Waals surface area contributed by atoms with Crippen molar-refractivity contribution in [1.29, 1.82) is 0 Å². The molecule has 1 aromatic heterocycles. The van der Waals surface area contributed by atoms with Crippen molar-refractivity contribution in [3.63, 3.8) is 0 Å². The Kier molecular flexibility index (Phi) is 4.84. The average Bonchev–Trinajstić information content (AvgIpc) is 3.60. The molecule has 8 nitrogen and oxygen atoms in total. The Morgan fingerprint density at radius 1 is 0.941 bits per heavy atom. The summed E-state index contributed by atoms with van der Waals surface area (Å²) in [7, 11) is 0. The van der Waals surface area contributed by atoms with E-state index < -0.39 is 5.91 Å². The number of carbonyl (C=O) groups is 2. The largest absolute Gasteiger partial charge is 0.378 e. The summed E-state index contributed by atoms with van der Waals surface area (Å²) < 4.78 is 5.39. The minimum atomic E-state index is -0.467. The molecule has 1 saturated heterocycles. The fraction of sp³-hybridized carbons (Fsp3) is 0.308. The van der Waals surface area contributed by atoms with Gasteiger partial charge in [0.1, 0.15) is 0 Å². The maximum Gasteiger partial charge on any atom is 0.254 e. The van der Waals surface area contributed by atoms with Crippen LogP contribution in [0.1, 0.15) is 39.1 Å². The van der Waals surface area contributed by atoms with Crippen molar-refractivity contribution in [2.45, 2.75) is 18.3 Å². The zero-order valence-corrected chi connectivity index (χ0v) is 18.7. The molecule has 8 heteroatoms. The molecule has 172 valence electrons. The van der Waals surface area contributed by atoms with Gasteiger partial charge in [-0.25, -0.2) is 9.97 Å². The summed E-state index contributed by atoms with van der Waals surface area (Å²) in [5.74, 6) is 0.175. The summed E-state index contributed by atoms with van der Waals surface area (Å²) in [5.41, 5.74) is 10.6. The summed E-state index contributed by atoms with van der Waals surface area (Å²) in [6, 6.07) is 13.2. The third-order valence-electron chi connectivity index (χ3n) is 7.08. The van der Waals surface area contributed by atoms with Gasteiger partial charge in [0, 0.05) is 59.8 Å². The molecule has 2 fully saturated rings. The SMILES string of the molecule is NC(=O)c1cccc(-c2cnc(N3CC4(CC4)c4ccc(C(=O)N5CCOCC5)cc43)nc2)c1. The second-order valence-electron chi connectivity index (χ2n) is 9.22. The van der Waals surface area contributed by atoms with Gasteiger partial charge in [0.05, 0.1) is 13.2 Å². The monoisotopic (exact) mass is 455 g/mol. The van der Waals surface area contributed by atoms with Crippen molar-refractivity contribution < 1.29 is 14.3 Å². The maximum atomic E-state index is 13.1. The van der Waals surface area contributed by atoms with E-state index in [2.05, 4.69) is 20.9 Å². The van der Waals surface area contributed by atoms with Crippen LogP contribution in [-0.2, 0) is 10.2 Å². The first-order valence-electron chi connectivity index (χ1n) is 11.6. The number of fused-ring (bicyclic) bond motifs is 2. The van der Waals surface area contributed by atoms with Crippen LogP contribution in [0.15, 0.2) is 54.9 Å². The third-order valence-corrected chi connectivity index (χ3v) is 7.08. The average molecular weight is 456 g/mol. The number of primary amides is 1. The highest BCUT2D eigenvalue weighted by Crippen LogP contribution is 2.57. The molecule has 0 radical (unpaired) electrons. The first-order chi connectivity index (χ1) is 16.5. The summed E-state index contributed by atoms with van der Waals surface area (Å²) in [4.78, 5) is 37.9. The molecule has 3 aromatic rings. The molecule has 3 heterocycles. The fourth-order valence-corrected chi connectivity index (χ4v) is 4.98. The van der Waals surface area contributed by atoms with Gasteiger partial charge in [-0.1, -0.05) is 18.2 Å². The van der Waals surface area contributed by atoms with Crippen LogP contribution in [0.2, 0.25) is 0 Å². The van der Waals surface area contributed by atoms with Gasteiger partial charge in [0.2, 0.25) is 11.9 Å². The smallest absolute Gasteiger partial charge is 0.254 e. The predicted octanol–water partition coefficient (Wildman–Crippen LogP) is 2.90. The topological polar surface area (TPSA) is 102 Å². The molecule has 1 saturated carbocycles. The number of benzene rings is 2. The summed E-state index contributed by atoms with van der Waals surface area (Å²) >= 11 is 0. The van der Waals surface area contributed by atoms with Crippen LogP contribution in [0.4, 0.5) is 11.6 Å². The molecule has 34 heavy (non-hydrogen) atoms. The lowest BCUT2D eigenvalue weighted by atomic mass is 9.97. The number of rotatable bonds is 4. The number of nitrogens with two attached hydrogens (primary N) is 1. The Morgan fingerprint density at radius 2 is 1.71 bits per heavy atom. The molecular formula is C26H25N5O3. The highest BCUT2D eigenvalue weighted by molar-refractivity contribution is 5.96. The number of carbonyl (C=O) groups excluding carboxylic acids is 2. The van der Waals surface area contributed by atoms with Gasteiger partial charge in [-0.15, -0.1) is 0 Å². The lowest BCUT2D eigenvalue weighted by molar-refractivity contribution is 0.0303. The summed E-state index contributed by atoms with van der Waals surface area (Å²) in [5, 5.41) is 0. The lowest BCUT2D eigenvalue weighted by Crippen LogP contribution is -2.40. The van der Waals surface area contributed by atoms with Crippen LogP contribution < -0.4 is 10.6 Å². The van der Waals surface area contributed by atoms with Crippen LogP contribution in [0.25, 0.3) is 11.1 Å². The van der Waals surface area contributed by atoms with Crippen molar-refractivity contribution >= 4 is 23.5 Å². The number of ether oxygens (including phenoxy) is 1. The number of morpholine rings is 1. The Bertz CT molecular complexity index is 1280. The van der Waals surface area contributed by atoms with Gasteiger partial charge in [-0.3, -0.25) is 9.59 Å². The first kappa shape index (κ1) is 20.8. The van der Waals surface area contributed by atoms with Gasteiger partial charge in [0.25, 0.3) is 5.91 Å². The molecule has 1 spiro atoms. The van der Waals surface area contributed by atoms with E-state index in [1.54, 1.807) is 30.6 Å². The lowest BCUT2D eigenvalue weighted by Gasteiger charge is -2.27. The minimum Gasteiger partial charge on any atom is -0.378 e. The van der Waals surface area contributed by atoms with Crippen molar-refractivity contribution in [2.75, 3.05) is 37.7 Å². The molecule has 1 aliphatic carbocycles. The van der Waals surface area contributed by atoms with E-state index in [4.69, 9.17) is 10.5 Å². The van der Waals surface area contributed by atoms with Crippen molar-refractivity contribution in [2.24, 2.45) is 5.73 Å². The summed E-state index contributed by atoms with van der Waals surface area (Å²) in [6.07, 6.45) is 5.79. The predicted molar refractivity (Wildman–Crippen MR) is 127 cm³/mol. The van der Waals surface area contributed by atoms with Crippen molar-refractivity contribution in [3.8, 4) is 11.1 Å². The minimum absolute atomic E-state index is 0.0356. The number of nitrogens with zero attached hydrogens (tertiary/aromatic N) is 4. The van der Waals surface area contributed by atoms with Crippen LogP contribution in [0, 0.1) is 0 Å². The van der Waals surface area contributed by atoms with Gasteiger partial charge >= 0.3 is 0 Å². The number of anilines is 2. The first-order valence-corrected chi connectivity index (χ1v) is 11.6. The second kappa shape index (κ2) is 7.92. The van der Waals surface area contributed by atoms with E-state index in [-0.39, 0.29) is 11.3 Å². The zero-order chi connectivity index (χ0) is 23.3. The molecule has 0 unspecified atom stereocenters. The van der Waals surface area contributed by atoms with E-state index >= 15 is 0 Å². The number of hydrogen-bond acceptors (Lipinski definition) is 6. The van der Waals surface area contributed by atoms with E-state index in [9.17, 15) is 9.59 Å². The quantitative estimate of drug-likeness (QED) is 0.649. The van der Waals surface area contributed by atoms with Crippen LogP contribution >= 0.6 is 0 Å². The Morgan fingerprint density at radius 3 is 2.41 bits per heavy atom. The molecule has 2 N–H and O–H groups in total. The number of hydrogen-bond donors (Lipinski definition) is 1. The molecule has 3 aliphatic rings. The molecule has 2 aromatic carbocycles. The highest BCUT2D eigenvalue weighted by atomic mass is 16.5. The summed E-state index contributed by atoms with van der Waals surface area (Å²) in [6.45, 7) is 3.20. The number of amides is 2. The second-order valence-corrected chi connectivity index (χ2v) is 9.22. The van der Waals surface area contributed by atoms with Gasteiger partial charge in [-0.05, 0) is 48.2 Å². The zero-order valence-electron chi connectivity index (χ0n) is 18.7. The highest BCUT2D eigenvalue weighted by Gasteiger charge is 2.52. The third kappa shape index (κ3) is 3.51. The Labute approximate surface area is 197 Å². The maximum absolute atomic E-state index is 13.1. The molecule has 0 atom stereocenters. The fourth-order valence-electron chi connectivity index (χ4n) is 4.98. The van der Waals surface area contributed by atoms with E-state index in [1.807, 2.05) is 23.1 Å². The molecular weight excluding hydrogens is 430 g/mol. The van der Waals surface area contributed by atoms with Gasteiger partial charge in [-0.2, -0.15) is 0 Å². The van der Waals surface area contributed by atoms with Crippen molar-refractivity contribution in [1.82, 2.24) is 14.9 Å². The standard InChI is InChI=1S/C26H25N5O3/c27-23(32)18-3-1-2-17(12-18)20-14-28-25(29-15-20)31-16-26(6-7-26)21-5-4-19(13-22(21)31)24(33)30-8-10-34-11-9-30/h1-5,12-15H,6-11,16H2,(H2,27,32). The normalized spacial score (nSPS) is 18.1. The Balaban J connectivity index is 1.31. The molecule has 2 aliphatic heterocycles. The van der Waals surface area contributed by atoms with E-state index in [0.717, 1.165) is 36.2 Å². The van der Waals surface area contributed by atoms with Gasteiger partial charge < -0.3 is 20.3 Å². The van der Waals surface area contributed by atoms with E-state index in [0.29, 0.717) is 43.4 Å². The van der Waals surface area contributed by atoms with Crippen LogP contribution in [-0.4, -0.2) is 59.5 Å². The van der Waals surface area contributed by atoms with Crippen LogP contribution in [0.5, 0.6) is 0 Å². The molecule has 0 bridgehead atoms.